The number of hydrogen-bond donors (Lipinski definition) is 0. The Kier molecular flexibility index (Phi) is 5.04. The van der Waals surface area contributed by atoms with Crippen molar-refractivity contribution in [1.82, 2.24) is 19.4 Å². The number of hydrogen-bond acceptors (Lipinski definition) is 4. The zero-order valence-electron chi connectivity index (χ0n) is 15.4. The Morgan fingerprint density at radius 1 is 1.17 bits per heavy atom. The van der Waals surface area contributed by atoms with Crippen LogP contribution in [-0.2, 0) is 0 Å². The molecule has 0 fully saturated rings. The number of imidazole rings is 1. The number of halogens is 4. The number of rotatable bonds is 5. The van der Waals surface area contributed by atoms with Gasteiger partial charge in [0.15, 0.2) is 5.65 Å². The molecule has 3 aromatic heterocycles. The standard InChI is InChI=1S/C20H16ClF3N4O/c1-12-17-11-26-18(28(17)19-16(27-12)4-2-8-25-19)14-10-13(5-6-15(14)21)29-9-3-7-20(22,23)24/h2,4-6,8,10-11H,3,7,9H2,1H3. The molecule has 0 aliphatic heterocycles. The van der Waals surface area contributed by atoms with Gasteiger partial charge in [-0.3, -0.25) is 4.40 Å². The van der Waals surface area contributed by atoms with Crippen LogP contribution in [0.25, 0.3) is 28.1 Å². The Bertz CT molecular complexity index is 1190. The summed E-state index contributed by atoms with van der Waals surface area (Å²) in [6.07, 6.45) is -1.83. The maximum absolute atomic E-state index is 12.3. The topological polar surface area (TPSA) is 52.3 Å². The molecule has 0 saturated heterocycles. The van der Waals surface area contributed by atoms with Crippen LogP contribution < -0.4 is 4.74 Å². The molecule has 0 atom stereocenters. The summed E-state index contributed by atoms with van der Waals surface area (Å²) in [6.45, 7) is 1.84. The van der Waals surface area contributed by atoms with Crippen molar-refractivity contribution in [2.45, 2.75) is 25.9 Å². The Balaban J connectivity index is 1.72. The molecule has 3 heterocycles. The van der Waals surface area contributed by atoms with Crippen LogP contribution >= 0.6 is 11.6 Å². The van der Waals surface area contributed by atoms with Crippen LogP contribution in [0, 0.1) is 6.92 Å². The van der Waals surface area contributed by atoms with Crippen molar-refractivity contribution in [3.63, 3.8) is 0 Å². The molecular formula is C20H16ClF3N4O. The van der Waals surface area contributed by atoms with Crippen molar-refractivity contribution in [3.05, 3.63) is 53.4 Å². The summed E-state index contributed by atoms with van der Waals surface area (Å²) in [5.41, 5.74) is 3.52. The van der Waals surface area contributed by atoms with Gasteiger partial charge in [-0.2, -0.15) is 13.2 Å². The van der Waals surface area contributed by atoms with Gasteiger partial charge in [-0.1, -0.05) is 11.6 Å². The number of alkyl halides is 3. The van der Waals surface area contributed by atoms with Crippen molar-refractivity contribution in [2.24, 2.45) is 0 Å². The first-order valence-electron chi connectivity index (χ1n) is 8.92. The maximum atomic E-state index is 12.3. The SMILES string of the molecule is Cc1nc2cccnc2n2c(-c3cc(OCCCC(F)(F)F)ccc3Cl)ncc12. The molecule has 150 valence electrons. The normalized spacial score (nSPS) is 12.0. The number of fused-ring (bicyclic) bond motifs is 3. The molecule has 0 aliphatic carbocycles. The van der Waals surface area contributed by atoms with Crippen molar-refractivity contribution in [3.8, 4) is 17.1 Å². The second kappa shape index (κ2) is 7.51. The summed E-state index contributed by atoms with van der Waals surface area (Å²) < 4.78 is 44.3. The highest BCUT2D eigenvalue weighted by Crippen LogP contribution is 2.33. The fourth-order valence-corrected chi connectivity index (χ4v) is 3.33. The average molecular weight is 421 g/mol. The van der Waals surface area contributed by atoms with E-state index in [1.807, 2.05) is 17.4 Å². The summed E-state index contributed by atoms with van der Waals surface area (Å²) in [6, 6.07) is 8.61. The van der Waals surface area contributed by atoms with Crippen LogP contribution in [0.4, 0.5) is 13.2 Å². The number of nitrogens with zero attached hydrogens (tertiary/aromatic N) is 4. The van der Waals surface area contributed by atoms with Crippen molar-refractivity contribution < 1.29 is 17.9 Å². The Hall–Kier alpha value is -2.87. The van der Waals surface area contributed by atoms with Gasteiger partial charge in [-0.25, -0.2) is 15.0 Å². The van der Waals surface area contributed by atoms with E-state index in [0.717, 1.165) is 11.2 Å². The minimum atomic E-state index is -4.19. The van der Waals surface area contributed by atoms with Crippen LogP contribution in [0.3, 0.4) is 0 Å². The predicted molar refractivity (Wildman–Crippen MR) is 104 cm³/mol. The van der Waals surface area contributed by atoms with Crippen LogP contribution in [0.2, 0.25) is 5.02 Å². The van der Waals surface area contributed by atoms with Gasteiger partial charge in [0.1, 0.15) is 17.1 Å². The highest BCUT2D eigenvalue weighted by molar-refractivity contribution is 6.33. The van der Waals surface area contributed by atoms with Crippen molar-refractivity contribution in [1.29, 1.82) is 0 Å². The number of benzene rings is 1. The van der Waals surface area contributed by atoms with Crippen LogP contribution in [-0.4, -0.2) is 32.1 Å². The van der Waals surface area contributed by atoms with E-state index in [2.05, 4.69) is 15.0 Å². The molecule has 1 aromatic carbocycles. The molecule has 0 saturated carbocycles. The lowest BCUT2D eigenvalue weighted by Crippen LogP contribution is -2.09. The smallest absolute Gasteiger partial charge is 0.389 e. The highest BCUT2D eigenvalue weighted by Gasteiger charge is 2.26. The lowest BCUT2D eigenvalue weighted by molar-refractivity contribution is -0.136. The van der Waals surface area contributed by atoms with E-state index >= 15 is 0 Å². The van der Waals surface area contributed by atoms with E-state index in [-0.39, 0.29) is 13.0 Å². The summed E-state index contributed by atoms with van der Waals surface area (Å²) >= 11 is 6.41. The molecule has 9 heteroatoms. The van der Waals surface area contributed by atoms with E-state index in [4.69, 9.17) is 16.3 Å². The Labute approximate surface area is 169 Å². The first-order valence-corrected chi connectivity index (χ1v) is 9.29. The van der Waals surface area contributed by atoms with Gasteiger partial charge in [0.2, 0.25) is 0 Å². The van der Waals surface area contributed by atoms with Gasteiger partial charge in [0.25, 0.3) is 0 Å². The van der Waals surface area contributed by atoms with Gasteiger partial charge in [-0.05, 0) is 43.7 Å². The number of aryl methyl sites for hydroxylation is 1. The minimum absolute atomic E-state index is 0.0452. The Morgan fingerprint density at radius 3 is 2.79 bits per heavy atom. The second-order valence-electron chi connectivity index (χ2n) is 6.55. The molecular weight excluding hydrogens is 405 g/mol. The van der Waals surface area contributed by atoms with E-state index in [1.54, 1.807) is 36.7 Å². The molecule has 0 unspecified atom stereocenters. The van der Waals surface area contributed by atoms with Gasteiger partial charge in [0, 0.05) is 18.2 Å². The molecule has 0 bridgehead atoms. The van der Waals surface area contributed by atoms with Crippen LogP contribution in [0.5, 0.6) is 5.75 Å². The van der Waals surface area contributed by atoms with Crippen molar-refractivity contribution in [2.75, 3.05) is 6.61 Å². The third-order valence-electron chi connectivity index (χ3n) is 4.45. The third-order valence-corrected chi connectivity index (χ3v) is 4.78. The van der Waals surface area contributed by atoms with E-state index < -0.39 is 12.6 Å². The maximum Gasteiger partial charge on any atom is 0.389 e. The van der Waals surface area contributed by atoms with E-state index in [9.17, 15) is 13.2 Å². The van der Waals surface area contributed by atoms with Gasteiger partial charge < -0.3 is 4.74 Å². The molecule has 29 heavy (non-hydrogen) atoms. The zero-order valence-corrected chi connectivity index (χ0v) is 16.1. The van der Waals surface area contributed by atoms with Crippen LogP contribution in [0.1, 0.15) is 18.5 Å². The summed E-state index contributed by atoms with van der Waals surface area (Å²) in [7, 11) is 0. The fourth-order valence-electron chi connectivity index (χ4n) is 3.13. The molecule has 4 aromatic rings. The van der Waals surface area contributed by atoms with Crippen LogP contribution in [0.15, 0.2) is 42.7 Å². The quantitative estimate of drug-likeness (QED) is 0.393. The zero-order chi connectivity index (χ0) is 20.6. The monoisotopic (exact) mass is 420 g/mol. The van der Waals surface area contributed by atoms with Gasteiger partial charge in [0.05, 0.1) is 29.0 Å². The number of aromatic nitrogens is 4. The van der Waals surface area contributed by atoms with E-state index in [0.29, 0.717) is 33.3 Å². The number of ether oxygens (including phenoxy) is 1. The van der Waals surface area contributed by atoms with E-state index in [1.165, 1.54) is 0 Å². The fraction of sp³-hybridized carbons (Fsp3) is 0.250. The Morgan fingerprint density at radius 2 is 2.00 bits per heavy atom. The molecule has 0 aliphatic rings. The molecule has 4 rings (SSSR count). The molecule has 5 nitrogen and oxygen atoms in total. The third kappa shape index (κ3) is 3.98. The summed E-state index contributed by atoms with van der Waals surface area (Å²) in [5.74, 6) is 0.978. The highest BCUT2D eigenvalue weighted by atomic mass is 35.5. The summed E-state index contributed by atoms with van der Waals surface area (Å²) in [5, 5.41) is 0.443. The second-order valence-corrected chi connectivity index (χ2v) is 6.96. The lowest BCUT2D eigenvalue weighted by Gasteiger charge is -2.11. The predicted octanol–water partition coefficient (Wildman–Crippen LogP) is 5.63. The molecule has 0 radical (unpaired) electrons. The molecule has 0 N–H and O–H groups in total. The van der Waals surface area contributed by atoms with Gasteiger partial charge in [-0.15, -0.1) is 0 Å². The average Bonchev–Trinajstić information content (AvgIpc) is 3.12. The lowest BCUT2D eigenvalue weighted by atomic mass is 10.2. The summed E-state index contributed by atoms with van der Waals surface area (Å²) in [4.78, 5) is 13.5. The minimum Gasteiger partial charge on any atom is -0.494 e. The largest absolute Gasteiger partial charge is 0.494 e. The first kappa shape index (κ1) is 19.4. The first-order chi connectivity index (χ1) is 13.8. The molecule has 0 spiro atoms. The van der Waals surface area contributed by atoms with Crippen molar-refractivity contribution >= 4 is 28.3 Å². The van der Waals surface area contributed by atoms with Gasteiger partial charge >= 0.3 is 6.18 Å². The molecule has 0 amide bonds. The number of pyridine rings is 1.